The molecule has 25 heavy (non-hydrogen) atoms. The zero-order valence-electron chi connectivity index (χ0n) is 17.1. The summed E-state index contributed by atoms with van der Waals surface area (Å²) >= 11 is 1.79. The van der Waals surface area contributed by atoms with Crippen molar-refractivity contribution in [2.45, 2.75) is 79.8 Å². The number of hydrogen-bond donors (Lipinski definition) is 0. The maximum Gasteiger partial charge on any atom is 0.161 e. The number of thioether (sulfide) groups is 1. The average Bonchev–Trinajstić information content (AvgIpc) is 2.80. The van der Waals surface area contributed by atoms with E-state index in [1.165, 1.54) is 10.6 Å². The van der Waals surface area contributed by atoms with Crippen molar-refractivity contribution in [2.24, 2.45) is 11.3 Å². The summed E-state index contributed by atoms with van der Waals surface area (Å²) in [6, 6.07) is 0. The molecule has 1 unspecified atom stereocenters. The first-order valence-electron chi connectivity index (χ1n) is 9.61. The number of unbranched alkanes of at least 4 members (excludes halogenated alkanes) is 1. The predicted octanol–water partition coefficient (Wildman–Crippen LogP) is 5.73. The lowest BCUT2D eigenvalue weighted by Crippen LogP contribution is -2.36. The Hall–Kier alpha value is -0.740. The van der Waals surface area contributed by atoms with Crippen LogP contribution in [0.25, 0.3) is 0 Å². The molecule has 0 aromatic heterocycles. The van der Waals surface area contributed by atoms with Crippen LogP contribution >= 0.6 is 11.8 Å². The summed E-state index contributed by atoms with van der Waals surface area (Å²) < 4.78 is 5.77. The van der Waals surface area contributed by atoms with Gasteiger partial charge in [-0.15, -0.1) is 0 Å². The maximum atomic E-state index is 12.9. The van der Waals surface area contributed by atoms with Crippen LogP contribution < -0.4 is 0 Å². The lowest BCUT2D eigenvalue weighted by atomic mass is 9.85. The lowest BCUT2D eigenvalue weighted by molar-refractivity contribution is -0.128. The molecular formula is C21H35NO2S. The lowest BCUT2D eigenvalue weighted by Gasteiger charge is -2.34. The van der Waals surface area contributed by atoms with Gasteiger partial charge in [0.25, 0.3) is 0 Å². The van der Waals surface area contributed by atoms with Crippen molar-refractivity contribution in [2.75, 3.05) is 13.2 Å². The number of ketones is 1. The van der Waals surface area contributed by atoms with E-state index in [2.05, 4.69) is 53.4 Å². The van der Waals surface area contributed by atoms with Crippen LogP contribution in [0.3, 0.4) is 0 Å². The van der Waals surface area contributed by atoms with Crippen molar-refractivity contribution in [3.05, 3.63) is 21.7 Å². The van der Waals surface area contributed by atoms with E-state index in [9.17, 15) is 4.79 Å². The summed E-state index contributed by atoms with van der Waals surface area (Å²) in [5, 5.41) is 1.12. The number of nitrogens with zero attached hydrogens (tertiary/aromatic N) is 1. The van der Waals surface area contributed by atoms with Gasteiger partial charge < -0.3 is 9.64 Å². The Kier molecular flexibility index (Phi) is 6.48. The van der Waals surface area contributed by atoms with Crippen LogP contribution in [-0.2, 0) is 9.53 Å². The molecule has 0 N–H and O–H groups in total. The van der Waals surface area contributed by atoms with E-state index in [-0.39, 0.29) is 22.7 Å². The smallest absolute Gasteiger partial charge is 0.161 e. The predicted molar refractivity (Wildman–Crippen MR) is 107 cm³/mol. The van der Waals surface area contributed by atoms with Crippen LogP contribution in [0.4, 0.5) is 0 Å². The topological polar surface area (TPSA) is 29.5 Å². The molecule has 0 radical (unpaired) electrons. The number of ether oxygens (including phenoxy) is 1. The van der Waals surface area contributed by atoms with E-state index in [0.29, 0.717) is 6.61 Å². The summed E-state index contributed by atoms with van der Waals surface area (Å²) in [6.07, 6.45) is 5.87. The van der Waals surface area contributed by atoms with Crippen molar-refractivity contribution in [1.82, 2.24) is 4.90 Å². The summed E-state index contributed by atoms with van der Waals surface area (Å²) in [4.78, 5) is 16.7. The van der Waals surface area contributed by atoms with Crippen LogP contribution in [0.1, 0.15) is 74.1 Å². The fourth-order valence-electron chi connectivity index (χ4n) is 3.63. The standard InChI is InChI=1S/C21H35NO2S/c1-8-9-11-22-15(2)19(20(3,4)5)25-18(22)13-17(23)16-10-12-24-21(6,7)14-16/h13,16H,8-12,14H2,1-7H3. The van der Waals surface area contributed by atoms with Gasteiger partial charge in [-0.1, -0.05) is 45.9 Å². The Morgan fingerprint density at radius 3 is 2.64 bits per heavy atom. The Morgan fingerprint density at radius 2 is 2.08 bits per heavy atom. The van der Waals surface area contributed by atoms with Crippen molar-refractivity contribution in [3.63, 3.8) is 0 Å². The summed E-state index contributed by atoms with van der Waals surface area (Å²) in [6.45, 7) is 17.0. The van der Waals surface area contributed by atoms with E-state index >= 15 is 0 Å². The Bertz CT molecular complexity index is 569. The summed E-state index contributed by atoms with van der Waals surface area (Å²) in [5.41, 5.74) is 1.24. The molecule has 0 aromatic rings. The molecule has 2 rings (SSSR count). The Morgan fingerprint density at radius 1 is 1.40 bits per heavy atom. The van der Waals surface area contributed by atoms with Gasteiger partial charge in [-0.2, -0.15) is 0 Å². The fraction of sp³-hybridized carbons (Fsp3) is 0.762. The molecule has 0 aromatic carbocycles. The molecular weight excluding hydrogens is 330 g/mol. The molecule has 1 fully saturated rings. The van der Waals surface area contributed by atoms with Crippen molar-refractivity contribution in [1.29, 1.82) is 0 Å². The maximum absolute atomic E-state index is 12.9. The Labute approximate surface area is 158 Å². The summed E-state index contributed by atoms with van der Waals surface area (Å²) in [5.74, 6) is 0.354. The molecule has 0 bridgehead atoms. The first kappa shape index (κ1) is 20.6. The summed E-state index contributed by atoms with van der Waals surface area (Å²) in [7, 11) is 0. The first-order chi connectivity index (χ1) is 11.5. The van der Waals surface area contributed by atoms with Crippen LogP contribution in [0, 0.1) is 11.3 Å². The third-order valence-electron chi connectivity index (χ3n) is 4.99. The minimum atomic E-state index is -0.188. The molecule has 0 amide bonds. The molecule has 3 nitrogen and oxygen atoms in total. The van der Waals surface area contributed by atoms with Gasteiger partial charge in [0.2, 0.25) is 0 Å². The number of carbonyl (C=O) groups is 1. The number of carbonyl (C=O) groups excluding carboxylic acids is 1. The zero-order chi connectivity index (χ0) is 18.8. The number of rotatable bonds is 5. The third kappa shape index (κ3) is 5.13. The Balaban J connectivity index is 2.21. The molecule has 0 aliphatic carbocycles. The van der Waals surface area contributed by atoms with Crippen LogP contribution in [-0.4, -0.2) is 29.4 Å². The molecule has 4 heteroatoms. The van der Waals surface area contributed by atoms with Gasteiger partial charge in [0.15, 0.2) is 5.78 Å². The van der Waals surface area contributed by atoms with Gasteiger partial charge in [-0.3, -0.25) is 4.79 Å². The average molecular weight is 366 g/mol. The largest absolute Gasteiger partial charge is 0.376 e. The zero-order valence-corrected chi connectivity index (χ0v) is 17.9. The minimum Gasteiger partial charge on any atom is -0.376 e. The number of hydrogen-bond acceptors (Lipinski definition) is 4. The molecule has 2 aliphatic rings. The quantitative estimate of drug-likeness (QED) is 0.582. The van der Waals surface area contributed by atoms with Gasteiger partial charge in [-0.25, -0.2) is 0 Å². The molecule has 0 spiro atoms. The SMILES string of the molecule is CCCCN1C(=CC(=O)C2CCOC(C)(C)C2)SC(C(C)(C)C)=C1C. The van der Waals surface area contributed by atoms with Gasteiger partial charge in [0.1, 0.15) is 0 Å². The second-order valence-corrected chi connectivity index (χ2v) is 9.99. The van der Waals surface area contributed by atoms with Gasteiger partial charge in [-0.05, 0) is 45.4 Å². The second-order valence-electron chi connectivity index (χ2n) is 8.95. The van der Waals surface area contributed by atoms with Gasteiger partial charge >= 0.3 is 0 Å². The van der Waals surface area contributed by atoms with Crippen LogP contribution in [0.5, 0.6) is 0 Å². The number of allylic oxidation sites excluding steroid dienone is 3. The van der Waals surface area contributed by atoms with E-state index in [1.807, 2.05) is 6.08 Å². The highest BCUT2D eigenvalue weighted by Crippen LogP contribution is 2.49. The monoisotopic (exact) mass is 365 g/mol. The molecule has 2 heterocycles. The van der Waals surface area contributed by atoms with Crippen molar-refractivity contribution >= 4 is 17.5 Å². The van der Waals surface area contributed by atoms with Gasteiger partial charge in [0, 0.05) is 35.7 Å². The van der Waals surface area contributed by atoms with E-state index in [0.717, 1.165) is 37.3 Å². The highest BCUT2D eigenvalue weighted by atomic mass is 32.2. The fourth-order valence-corrected chi connectivity index (χ4v) is 4.92. The molecule has 1 atom stereocenters. The van der Waals surface area contributed by atoms with Crippen molar-refractivity contribution < 1.29 is 9.53 Å². The minimum absolute atomic E-state index is 0.0869. The van der Waals surface area contributed by atoms with E-state index < -0.39 is 0 Å². The molecule has 0 saturated carbocycles. The first-order valence-corrected chi connectivity index (χ1v) is 10.4. The molecule has 2 aliphatic heterocycles. The normalized spacial score (nSPS) is 25.8. The van der Waals surface area contributed by atoms with E-state index in [4.69, 9.17) is 4.74 Å². The third-order valence-corrected chi connectivity index (χ3v) is 6.65. The van der Waals surface area contributed by atoms with Crippen molar-refractivity contribution in [3.8, 4) is 0 Å². The van der Waals surface area contributed by atoms with E-state index in [1.54, 1.807) is 11.8 Å². The highest BCUT2D eigenvalue weighted by molar-refractivity contribution is 8.07. The molecule has 142 valence electrons. The molecule has 1 saturated heterocycles. The van der Waals surface area contributed by atoms with Crippen LogP contribution in [0.2, 0.25) is 0 Å². The second kappa shape index (κ2) is 7.87. The van der Waals surface area contributed by atoms with Crippen LogP contribution in [0.15, 0.2) is 21.7 Å². The van der Waals surface area contributed by atoms with Gasteiger partial charge in [0.05, 0.1) is 10.6 Å². The highest BCUT2D eigenvalue weighted by Gasteiger charge is 2.35.